The molecule has 0 aromatic heterocycles. The average molecular weight is 332 g/mol. The topological polar surface area (TPSA) is 58.6 Å². The highest BCUT2D eigenvalue weighted by atomic mass is 32.2. The Bertz CT molecular complexity index is 801. The molecule has 0 bridgehead atoms. The van der Waals surface area contributed by atoms with Gasteiger partial charge in [-0.3, -0.25) is 4.72 Å². The zero-order valence-corrected chi connectivity index (χ0v) is 14.1. The first-order valence-electron chi connectivity index (χ1n) is 7.47. The largest absolute Gasteiger partial charge is 0.490 e. The minimum absolute atomic E-state index is 0.0449. The van der Waals surface area contributed by atoms with Gasteiger partial charge < -0.3 is 9.64 Å². The summed E-state index contributed by atoms with van der Waals surface area (Å²) in [6, 6.07) is 12.8. The number of fused-ring (bicyclic) bond motifs is 1. The fourth-order valence-corrected chi connectivity index (χ4v) is 3.72. The van der Waals surface area contributed by atoms with Gasteiger partial charge in [-0.05, 0) is 30.7 Å². The molecule has 0 saturated heterocycles. The van der Waals surface area contributed by atoms with Crippen molar-refractivity contribution in [3.05, 3.63) is 53.6 Å². The molecule has 1 aliphatic rings. The van der Waals surface area contributed by atoms with Crippen LogP contribution in [0.5, 0.6) is 5.75 Å². The molecule has 0 atom stereocenters. The number of hydrogen-bond donors (Lipinski definition) is 1. The van der Waals surface area contributed by atoms with Crippen LogP contribution in [0.3, 0.4) is 0 Å². The number of nitrogens with one attached hydrogen (secondary N) is 1. The fraction of sp³-hybridized carbons (Fsp3) is 0.294. The molecule has 2 aromatic carbocycles. The Morgan fingerprint density at radius 3 is 2.65 bits per heavy atom. The zero-order valence-electron chi connectivity index (χ0n) is 13.2. The number of aryl methyl sites for hydroxylation is 1. The normalized spacial score (nSPS) is 14.1. The summed E-state index contributed by atoms with van der Waals surface area (Å²) in [5.41, 5.74) is 3.32. The van der Waals surface area contributed by atoms with E-state index in [4.69, 9.17) is 4.74 Å². The second-order valence-electron chi connectivity index (χ2n) is 5.80. The Morgan fingerprint density at radius 1 is 1.17 bits per heavy atom. The number of nitrogens with zero attached hydrogens (tertiary/aromatic N) is 1. The minimum atomic E-state index is -3.45. The van der Waals surface area contributed by atoms with Gasteiger partial charge in [0.1, 0.15) is 12.4 Å². The van der Waals surface area contributed by atoms with Gasteiger partial charge in [0.2, 0.25) is 10.0 Å². The Kier molecular flexibility index (Phi) is 4.17. The highest BCUT2D eigenvalue weighted by Gasteiger charge is 2.17. The number of benzene rings is 2. The lowest BCUT2D eigenvalue weighted by atomic mass is 10.2. The van der Waals surface area contributed by atoms with E-state index < -0.39 is 10.0 Å². The molecular weight excluding hydrogens is 312 g/mol. The molecular formula is C17H20N2O3S. The lowest BCUT2D eigenvalue weighted by Crippen LogP contribution is -2.28. The van der Waals surface area contributed by atoms with E-state index >= 15 is 0 Å². The van der Waals surface area contributed by atoms with Crippen LogP contribution in [0.2, 0.25) is 0 Å². The smallest absolute Gasteiger partial charge is 0.236 e. The summed E-state index contributed by atoms with van der Waals surface area (Å²) < 4.78 is 32.9. The molecule has 6 heteroatoms. The maximum Gasteiger partial charge on any atom is 0.236 e. The van der Waals surface area contributed by atoms with Crippen LogP contribution in [0, 0.1) is 6.92 Å². The van der Waals surface area contributed by atoms with Gasteiger partial charge in [-0.2, -0.15) is 0 Å². The summed E-state index contributed by atoms with van der Waals surface area (Å²) >= 11 is 0. The van der Waals surface area contributed by atoms with Crippen LogP contribution in [-0.2, 0) is 15.8 Å². The van der Waals surface area contributed by atoms with Crippen molar-refractivity contribution in [3.8, 4) is 5.75 Å². The molecule has 1 aliphatic heterocycles. The maximum atomic E-state index is 12.3. The third-order valence-electron chi connectivity index (χ3n) is 3.81. The van der Waals surface area contributed by atoms with Gasteiger partial charge in [0.05, 0.1) is 23.7 Å². The van der Waals surface area contributed by atoms with E-state index in [9.17, 15) is 8.42 Å². The second kappa shape index (κ2) is 6.12. The van der Waals surface area contributed by atoms with Crippen molar-refractivity contribution in [2.45, 2.75) is 12.7 Å². The molecule has 122 valence electrons. The van der Waals surface area contributed by atoms with Crippen LogP contribution in [0.4, 0.5) is 11.4 Å². The van der Waals surface area contributed by atoms with Crippen LogP contribution in [0.15, 0.2) is 42.5 Å². The van der Waals surface area contributed by atoms with E-state index in [-0.39, 0.29) is 5.75 Å². The van der Waals surface area contributed by atoms with E-state index in [2.05, 4.69) is 9.62 Å². The number of likely N-dealkylation sites (N-methyl/N-ethyl adjacent to an activating group) is 1. The molecule has 0 radical (unpaired) electrons. The third-order valence-corrected chi connectivity index (χ3v) is 5.07. The number of sulfonamides is 1. The molecule has 5 nitrogen and oxygen atoms in total. The molecule has 2 aromatic rings. The standard InChI is InChI=1S/C17H20N2O3S/c1-13-3-5-14(6-4-13)12-23(20,21)18-15-7-8-17-16(11-15)19(2)9-10-22-17/h3-8,11,18H,9-10,12H2,1-2H3. The molecule has 0 amide bonds. The summed E-state index contributed by atoms with van der Waals surface area (Å²) in [5.74, 6) is 0.733. The first-order valence-corrected chi connectivity index (χ1v) is 9.12. The Morgan fingerprint density at radius 2 is 1.91 bits per heavy atom. The van der Waals surface area contributed by atoms with E-state index in [1.165, 1.54) is 0 Å². The molecule has 3 rings (SSSR count). The molecule has 1 heterocycles. The number of anilines is 2. The van der Waals surface area contributed by atoms with E-state index in [1.807, 2.05) is 38.2 Å². The lowest BCUT2D eigenvalue weighted by Gasteiger charge is -2.28. The third kappa shape index (κ3) is 3.76. The summed E-state index contributed by atoms with van der Waals surface area (Å²) in [6.45, 7) is 3.40. The maximum absolute atomic E-state index is 12.3. The molecule has 0 spiro atoms. The van der Waals surface area contributed by atoms with Gasteiger partial charge in [0.25, 0.3) is 0 Å². The number of rotatable bonds is 4. The van der Waals surface area contributed by atoms with Gasteiger partial charge in [0.15, 0.2) is 0 Å². The van der Waals surface area contributed by atoms with E-state index in [0.29, 0.717) is 12.3 Å². The zero-order chi connectivity index (χ0) is 16.4. The van der Waals surface area contributed by atoms with Crippen LogP contribution < -0.4 is 14.4 Å². The number of hydrogen-bond acceptors (Lipinski definition) is 4. The van der Waals surface area contributed by atoms with Crippen molar-refractivity contribution >= 4 is 21.4 Å². The monoisotopic (exact) mass is 332 g/mol. The van der Waals surface area contributed by atoms with Gasteiger partial charge in [-0.25, -0.2) is 8.42 Å². The fourth-order valence-electron chi connectivity index (χ4n) is 2.53. The molecule has 0 aliphatic carbocycles. The summed E-state index contributed by atoms with van der Waals surface area (Å²) in [7, 11) is -1.49. The Hall–Kier alpha value is -2.21. The van der Waals surface area contributed by atoms with Crippen molar-refractivity contribution < 1.29 is 13.2 Å². The predicted molar refractivity (Wildman–Crippen MR) is 92.6 cm³/mol. The quantitative estimate of drug-likeness (QED) is 0.935. The summed E-state index contributed by atoms with van der Waals surface area (Å²) in [6.07, 6.45) is 0. The lowest BCUT2D eigenvalue weighted by molar-refractivity contribution is 0.311. The molecule has 0 unspecified atom stereocenters. The summed E-state index contributed by atoms with van der Waals surface area (Å²) in [5, 5.41) is 0. The van der Waals surface area contributed by atoms with Crippen LogP contribution in [0.25, 0.3) is 0 Å². The minimum Gasteiger partial charge on any atom is -0.490 e. The Labute approximate surface area is 136 Å². The highest BCUT2D eigenvalue weighted by Crippen LogP contribution is 2.33. The van der Waals surface area contributed by atoms with Crippen molar-refractivity contribution in [1.82, 2.24) is 0 Å². The average Bonchev–Trinajstić information content (AvgIpc) is 2.50. The number of ether oxygens (including phenoxy) is 1. The van der Waals surface area contributed by atoms with Crippen molar-refractivity contribution in [1.29, 1.82) is 0 Å². The van der Waals surface area contributed by atoms with Crippen molar-refractivity contribution in [3.63, 3.8) is 0 Å². The first kappa shape index (κ1) is 15.7. The van der Waals surface area contributed by atoms with Crippen molar-refractivity contribution in [2.75, 3.05) is 29.8 Å². The van der Waals surface area contributed by atoms with E-state index in [0.717, 1.165) is 29.1 Å². The molecule has 0 fully saturated rings. The van der Waals surface area contributed by atoms with Gasteiger partial charge in [-0.1, -0.05) is 29.8 Å². The molecule has 0 saturated carbocycles. The SMILES string of the molecule is Cc1ccc(CS(=O)(=O)Nc2ccc3c(c2)N(C)CCO3)cc1. The van der Waals surface area contributed by atoms with Gasteiger partial charge >= 0.3 is 0 Å². The van der Waals surface area contributed by atoms with Crippen molar-refractivity contribution in [2.24, 2.45) is 0 Å². The van der Waals surface area contributed by atoms with Gasteiger partial charge in [0, 0.05) is 7.05 Å². The first-order chi connectivity index (χ1) is 10.9. The molecule has 23 heavy (non-hydrogen) atoms. The van der Waals surface area contributed by atoms with Crippen LogP contribution in [-0.4, -0.2) is 28.6 Å². The van der Waals surface area contributed by atoms with E-state index in [1.54, 1.807) is 18.2 Å². The summed E-state index contributed by atoms with van der Waals surface area (Å²) in [4.78, 5) is 2.05. The van der Waals surface area contributed by atoms with Gasteiger partial charge in [-0.15, -0.1) is 0 Å². The van der Waals surface area contributed by atoms with Crippen LogP contribution >= 0.6 is 0 Å². The Balaban J connectivity index is 1.78. The highest BCUT2D eigenvalue weighted by molar-refractivity contribution is 7.91. The second-order valence-corrected chi connectivity index (χ2v) is 7.52. The predicted octanol–water partition coefficient (Wildman–Crippen LogP) is 2.77. The van der Waals surface area contributed by atoms with Crippen LogP contribution in [0.1, 0.15) is 11.1 Å². The molecule has 1 N–H and O–H groups in total.